The van der Waals surface area contributed by atoms with Crippen LogP contribution in [0, 0.1) is 13.8 Å². The van der Waals surface area contributed by atoms with Gasteiger partial charge in [-0.1, -0.05) is 37.3 Å². The number of rotatable bonds is 4. The van der Waals surface area contributed by atoms with Gasteiger partial charge in [-0.3, -0.25) is 20.4 Å². The van der Waals surface area contributed by atoms with E-state index in [0.717, 1.165) is 27.4 Å². The van der Waals surface area contributed by atoms with Gasteiger partial charge in [-0.2, -0.15) is 0 Å². The molecule has 0 atom stereocenters. The zero-order chi connectivity index (χ0) is 18.7. The third-order valence-electron chi connectivity index (χ3n) is 3.94. The van der Waals surface area contributed by atoms with E-state index in [-0.39, 0.29) is 11.8 Å². The molecule has 0 radical (unpaired) electrons. The number of aryl methyl sites for hydroxylation is 3. The summed E-state index contributed by atoms with van der Waals surface area (Å²) in [6.45, 7) is 5.83. The molecule has 0 spiro atoms. The first-order chi connectivity index (χ1) is 12.5. The van der Waals surface area contributed by atoms with E-state index in [1.165, 1.54) is 22.7 Å². The molecule has 2 heterocycles. The van der Waals surface area contributed by atoms with Gasteiger partial charge in [-0.05, 0) is 31.9 Å². The van der Waals surface area contributed by atoms with E-state index < -0.39 is 0 Å². The molecule has 1 aromatic carbocycles. The lowest BCUT2D eigenvalue weighted by molar-refractivity contribution is 0.0850. The van der Waals surface area contributed by atoms with Crippen molar-refractivity contribution >= 4 is 34.5 Å². The fraction of sp³-hybridized carbons (Fsp3) is 0.211. The van der Waals surface area contributed by atoms with E-state index in [4.69, 9.17) is 0 Å². The van der Waals surface area contributed by atoms with Crippen LogP contribution < -0.4 is 10.9 Å². The average Bonchev–Trinajstić information content (AvgIpc) is 3.23. The summed E-state index contributed by atoms with van der Waals surface area (Å²) in [5.41, 5.74) is 7.73. The molecule has 0 saturated carbocycles. The molecule has 0 aliphatic rings. The number of thiophene rings is 1. The largest absolute Gasteiger partial charge is 0.281 e. The van der Waals surface area contributed by atoms with Crippen molar-refractivity contribution in [2.45, 2.75) is 27.2 Å². The topological polar surface area (TPSA) is 71.1 Å². The zero-order valence-electron chi connectivity index (χ0n) is 14.8. The summed E-state index contributed by atoms with van der Waals surface area (Å²) in [5.74, 6) is -0.670. The van der Waals surface area contributed by atoms with E-state index in [0.29, 0.717) is 15.4 Å². The van der Waals surface area contributed by atoms with Crippen molar-refractivity contribution in [2.75, 3.05) is 0 Å². The van der Waals surface area contributed by atoms with E-state index in [9.17, 15) is 9.59 Å². The minimum absolute atomic E-state index is 0.309. The maximum atomic E-state index is 12.4. The number of benzene rings is 1. The van der Waals surface area contributed by atoms with Gasteiger partial charge < -0.3 is 0 Å². The van der Waals surface area contributed by atoms with Gasteiger partial charge in [-0.25, -0.2) is 4.98 Å². The zero-order valence-corrected chi connectivity index (χ0v) is 16.4. The summed E-state index contributed by atoms with van der Waals surface area (Å²) in [5, 5.41) is 0.779. The number of aromatic nitrogens is 1. The Morgan fingerprint density at radius 3 is 2.38 bits per heavy atom. The molecular weight excluding hydrogens is 366 g/mol. The van der Waals surface area contributed by atoms with Gasteiger partial charge in [-0.15, -0.1) is 22.7 Å². The van der Waals surface area contributed by atoms with Crippen LogP contribution in [-0.4, -0.2) is 16.8 Å². The molecule has 0 bridgehead atoms. The van der Waals surface area contributed by atoms with Crippen molar-refractivity contribution < 1.29 is 9.59 Å². The second-order valence-corrected chi connectivity index (χ2v) is 8.01. The Labute approximate surface area is 160 Å². The fourth-order valence-electron chi connectivity index (χ4n) is 2.53. The van der Waals surface area contributed by atoms with Crippen LogP contribution in [0.5, 0.6) is 0 Å². The highest BCUT2D eigenvalue weighted by atomic mass is 32.1. The van der Waals surface area contributed by atoms with Crippen molar-refractivity contribution in [1.29, 1.82) is 0 Å². The Bertz CT molecular complexity index is 945. The first-order valence-corrected chi connectivity index (χ1v) is 9.85. The molecule has 0 saturated heterocycles. The highest BCUT2D eigenvalue weighted by molar-refractivity contribution is 7.17. The standard InChI is InChI=1S/C19H19N3O2S2/c1-4-13-10-15(25-12(13)3)17(23)21-22-18(24)16-11(2)20-19(26-16)14-8-6-5-7-9-14/h5-10H,4H2,1-3H3,(H,21,23)(H,22,24). The number of carbonyl (C=O) groups is 2. The fourth-order valence-corrected chi connectivity index (χ4v) is 4.50. The molecule has 0 unspecified atom stereocenters. The smallest absolute Gasteiger partial charge is 0.266 e. The number of hydrogen-bond donors (Lipinski definition) is 2. The number of carbonyl (C=O) groups excluding carboxylic acids is 2. The first-order valence-electron chi connectivity index (χ1n) is 8.22. The lowest BCUT2D eigenvalue weighted by Gasteiger charge is -2.05. The predicted octanol–water partition coefficient (Wildman–Crippen LogP) is 4.13. The Hall–Kier alpha value is -2.51. The molecule has 7 heteroatoms. The Balaban J connectivity index is 1.68. The van der Waals surface area contributed by atoms with Gasteiger partial charge in [0.25, 0.3) is 11.8 Å². The van der Waals surface area contributed by atoms with Gasteiger partial charge in [0.05, 0.1) is 10.6 Å². The highest BCUT2D eigenvalue weighted by Gasteiger charge is 2.18. The summed E-state index contributed by atoms with van der Waals surface area (Å²) in [6.07, 6.45) is 0.879. The molecule has 0 fully saturated rings. The Kier molecular flexibility index (Phi) is 5.49. The Morgan fingerprint density at radius 2 is 1.73 bits per heavy atom. The van der Waals surface area contributed by atoms with E-state index in [2.05, 4.69) is 22.8 Å². The molecule has 3 aromatic rings. The number of thiazole rings is 1. The minimum Gasteiger partial charge on any atom is -0.266 e. The summed E-state index contributed by atoms with van der Waals surface area (Å²) < 4.78 is 0. The van der Waals surface area contributed by atoms with Crippen LogP contribution in [0.3, 0.4) is 0 Å². The van der Waals surface area contributed by atoms with Gasteiger partial charge in [0.2, 0.25) is 0 Å². The molecular formula is C19H19N3O2S2. The van der Waals surface area contributed by atoms with Crippen LogP contribution in [0.1, 0.15) is 42.4 Å². The third kappa shape index (κ3) is 3.84. The normalized spacial score (nSPS) is 10.6. The summed E-state index contributed by atoms with van der Waals surface area (Å²) in [7, 11) is 0. The van der Waals surface area contributed by atoms with Gasteiger partial charge in [0.15, 0.2) is 0 Å². The van der Waals surface area contributed by atoms with E-state index in [1.807, 2.05) is 43.3 Å². The summed E-state index contributed by atoms with van der Waals surface area (Å²) >= 11 is 2.73. The molecule has 2 N–H and O–H groups in total. The lowest BCUT2D eigenvalue weighted by atomic mass is 10.2. The Morgan fingerprint density at radius 1 is 1.04 bits per heavy atom. The van der Waals surface area contributed by atoms with Crippen LogP contribution in [0.4, 0.5) is 0 Å². The van der Waals surface area contributed by atoms with Gasteiger partial charge in [0.1, 0.15) is 9.88 Å². The van der Waals surface area contributed by atoms with Crippen molar-refractivity contribution in [3.63, 3.8) is 0 Å². The average molecular weight is 386 g/mol. The maximum Gasteiger partial charge on any atom is 0.281 e. The van der Waals surface area contributed by atoms with Crippen LogP contribution in [0.15, 0.2) is 36.4 Å². The molecule has 26 heavy (non-hydrogen) atoms. The number of nitrogens with one attached hydrogen (secondary N) is 2. The van der Waals surface area contributed by atoms with Crippen LogP contribution in [-0.2, 0) is 6.42 Å². The van der Waals surface area contributed by atoms with Crippen LogP contribution >= 0.6 is 22.7 Å². The molecule has 3 rings (SSSR count). The summed E-state index contributed by atoms with van der Waals surface area (Å²) in [4.78, 5) is 31.3. The number of amides is 2. The third-order valence-corrected chi connectivity index (χ3v) is 6.24. The molecule has 5 nitrogen and oxygen atoms in total. The van der Waals surface area contributed by atoms with Crippen molar-refractivity contribution in [2.24, 2.45) is 0 Å². The molecule has 2 amide bonds. The van der Waals surface area contributed by atoms with Crippen LogP contribution in [0.25, 0.3) is 10.6 Å². The predicted molar refractivity (Wildman–Crippen MR) is 106 cm³/mol. The monoisotopic (exact) mass is 385 g/mol. The SMILES string of the molecule is CCc1cc(C(=O)NNC(=O)c2sc(-c3ccccc3)nc2C)sc1C. The lowest BCUT2D eigenvalue weighted by Crippen LogP contribution is -2.41. The molecule has 2 aromatic heterocycles. The number of nitrogens with zero attached hydrogens (tertiary/aromatic N) is 1. The number of hydrazine groups is 1. The van der Waals surface area contributed by atoms with Crippen molar-refractivity contribution in [1.82, 2.24) is 15.8 Å². The van der Waals surface area contributed by atoms with Crippen LogP contribution in [0.2, 0.25) is 0 Å². The molecule has 0 aliphatic heterocycles. The number of hydrogen-bond acceptors (Lipinski definition) is 5. The second kappa shape index (κ2) is 7.80. The highest BCUT2D eigenvalue weighted by Crippen LogP contribution is 2.27. The summed E-state index contributed by atoms with van der Waals surface area (Å²) in [6, 6.07) is 11.6. The van der Waals surface area contributed by atoms with Gasteiger partial charge >= 0.3 is 0 Å². The van der Waals surface area contributed by atoms with E-state index >= 15 is 0 Å². The molecule has 0 aliphatic carbocycles. The van der Waals surface area contributed by atoms with E-state index in [1.54, 1.807) is 6.92 Å². The van der Waals surface area contributed by atoms with Gasteiger partial charge in [0, 0.05) is 10.4 Å². The van der Waals surface area contributed by atoms with Crippen molar-refractivity contribution in [3.8, 4) is 10.6 Å². The minimum atomic E-state index is -0.362. The van der Waals surface area contributed by atoms with Crippen molar-refractivity contribution in [3.05, 3.63) is 62.3 Å². The second-order valence-electron chi connectivity index (χ2n) is 5.75. The first kappa shape index (κ1) is 18.3. The molecule has 134 valence electrons. The maximum absolute atomic E-state index is 12.4. The quantitative estimate of drug-likeness (QED) is 0.664.